The van der Waals surface area contributed by atoms with Crippen molar-refractivity contribution in [2.75, 3.05) is 25.6 Å². The summed E-state index contributed by atoms with van der Waals surface area (Å²) in [5, 5.41) is 13.2. The van der Waals surface area contributed by atoms with Crippen molar-refractivity contribution in [2.45, 2.75) is 20.3 Å². The molecule has 3 rings (SSSR count). The first-order valence-corrected chi connectivity index (χ1v) is 8.28. The number of allylic oxidation sites excluding steroid dienone is 1. The number of benzene rings is 1. The number of anilines is 1. The molecule has 0 aliphatic rings. The molecule has 0 spiro atoms. The first-order chi connectivity index (χ1) is 12.1. The molecule has 0 aliphatic carbocycles. The summed E-state index contributed by atoms with van der Waals surface area (Å²) < 4.78 is 7.23. The van der Waals surface area contributed by atoms with Crippen LogP contribution in [0.5, 0.6) is 0 Å². The van der Waals surface area contributed by atoms with Gasteiger partial charge in [0.25, 0.3) is 0 Å². The zero-order valence-corrected chi connectivity index (χ0v) is 14.9. The van der Waals surface area contributed by atoms with Gasteiger partial charge in [-0.1, -0.05) is 24.3 Å². The highest BCUT2D eigenvalue weighted by molar-refractivity contribution is 5.86. The van der Waals surface area contributed by atoms with E-state index < -0.39 is 0 Å². The Hall–Kier alpha value is -2.84. The second-order valence-corrected chi connectivity index (χ2v) is 6.25. The number of para-hydroxylation sites is 2. The van der Waals surface area contributed by atoms with Crippen LogP contribution < -0.4 is 5.32 Å². The fourth-order valence-corrected chi connectivity index (χ4v) is 3.16. The Morgan fingerprint density at radius 1 is 1.40 bits per heavy atom. The van der Waals surface area contributed by atoms with Crippen molar-refractivity contribution in [3.8, 4) is 6.07 Å². The molecule has 0 amide bonds. The standard InChI is InChI=1S/C20H22N4O/c1-13(2)11-15-14(3)16(12-21)20-23-17-7-5-6-8-18(17)24(20)19(15)22-9-10-25-4/h5-8,22H,1,9-11H2,2-4H3. The van der Waals surface area contributed by atoms with E-state index in [0.29, 0.717) is 30.8 Å². The van der Waals surface area contributed by atoms with E-state index in [2.05, 4.69) is 22.4 Å². The fourth-order valence-electron chi connectivity index (χ4n) is 3.16. The fraction of sp³-hybridized carbons (Fsp3) is 0.300. The van der Waals surface area contributed by atoms with Crippen LogP contribution in [0.4, 0.5) is 5.82 Å². The second kappa shape index (κ2) is 6.96. The first kappa shape index (κ1) is 17.0. The molecule has 3 aromatic rings. The first-order valence-electron chi connectivity index (χ1n) is 8.28. The summed E-state index contributed by atoms with van der Waals surface area (Å²) in [6.07, 6.45) is 0.707. The summed E-state index contributed by atoms with van der Waals surface area (Å²) in [5.41, 5.74) is 6.24. The van der Waals surface area contributed by atoms with Crippen LogP contribution in [0.15, 0.2) is 36.4 Å². The number of nitrogens with zero attached hydrogens (tertiary/aromatic N) is 3. The van der Waals surface area contributed by atoms with Gasteiger partial charge in [-0.15, -0.1) is 0 Å². The number of nitriles is 1. The van der Waals surface area contributed by atoms with Crippen LogP contribution in [0, 0.1) is 18.3 Å². The smallest absolute Gasteiger partial charge is 0.157 e. The van der Waals surface area contributed by atoms with Gasteiger partial charge < -0.3 is 10.1 Å². The SMILES string of the molecule is C=C(C)Cc1c(C)c(C#N)c2nc3ccccc3n2c1NCCOC. The Kier molecular flexibility index (Phi) is 4.73. The van der Waals surface area contributed by atoms with Crippen LogP contribution in [-0.2, 0) is 11.2 Å². The minimum Gasteiger partial charge on any atom is -0.383 e. The lowest BCUT2D eigenvalue weighted by Crippen LogP contribution is -2.15. The Labute approximate surface area is 147 Å². The summed E-state index contributed by atoms with van der Waals surface area (Å²) in [4.78, 5) is 4.70. The van der Waals surface area contributed by atoms with Gasteiger partial charge in [-0.05, 0) is 38.0 Å². The average molecular weight is 334 g/mol. The molecule has 0 aliphatic heterocycles. The average Bonchev–Trinajstić information content (AvgIpc) is 2.96. The molecule has 5 heteroatoms. The summed E-state index contributed by atoms with van der Waals surface area (Å²) in [5.74, 6) is 0.959. The molecule has 2 heterocycles. The lowest BCUT2D eigenvalue weighted by Gasteiger charge is -2.19. The predicted molar refractivity (Wildman–Crippen MR) is 101 cm³/mol. The van der Waals surface area contributed by atoms with Gasteiger partial charge in [0.2, 0.25) is 0 Å². The molecule has 1 N–H and O–H groups in total. The van der Waals surface area contributed by atoms with E-state index in [1.54, 1.807) is 7.11 Å². The van der Waals surface area contributed by atoms with Gasteiger partial charge in [-0.2, -0.15) is 5.26 Å². The van der Waals surface area contributed by atoms with Crippen molar-refractivity contribution < 1.29 is 4.74 Å². The number of hydrogen-bond acceptors (Lipinski definition) is 4. The summed E-state index contributed by atoms with van der Waals surface area (Å²) in [6, 6.07) is 10.3. The molecule has 1 aromatic carbocycles. The highest BCUT2D eigenvalue weighted by Crippen LogP contribution is 2.32. The zero-order chi connectivity index (χ0) is 18.0. The second-order valence-electron chi connectivity index (χ2n) is 6.25. The van der Waals surface area contributed by atoms with Gasteiger partial charge in [0.05, 0.1) is 23.2 Å². The molecule has 128 valence electrons. The Bertz CT molecular complexity index is 994. The van der Waals surface area contributed by atoms with Crippen molar-refractivity contribution in [3.05, 3.63) is 53.1 Å². The molecule has 0 radical (unpaired) electrons. The maximum atomic E-state index is 9.74. The van der Waals surface area contributed by atoms with E-state index in [0.717, 1.165) is 33.6 Å². The molecule has 0 saturated carbocycles. The molecule has 25 heavy (non-hydrogen) atoms. The van der Waals surface area contributed by atoms with Crippen LogP contribution in [0.1, 0.15) is 23.6 Å². The van der Waals surface area contributed by atoms with E-state index in [1.165, 1.54) is 0 Å². The number of fused-ring (bicyclic) bond motifs is 3. The number of ether oxygens (including phenoxy) is 1. The van der Waals surface area contributed by atoms with Crippen molar-refractivity contribution in [1.82, 2.24) is 9.38 Å². The van der Waals surface area contributed by atoms with Crippen LogP contribution >= 0.6 is 0 Å². The molecular weight excluding hydrogens is 312 g/mol. The van der Waals surface area contributed by atoms with Gasteiger partial charge in [0.15, 0.2) is 5.65 Å². The Balaban J connectivity index is 2.39. The number of hydrogen-bond donors (Lipinski definition) is 1. The van der Waals surface area contributed by atoms with Gasteiger partial charge in [0, 0.05) is 19.2 Å². The van der Waals surface area contributed by atoms with E-state index in [9.17, 15) is 5.26 Å². The van der Waals surface area contributed by atoms with Crippen molar-refractivity contribution in [2.24, 2.45) is 0 Å². The van der Waals surface area contributed by atoms with Crippen LogP contribution in [-0.4, -0.2) is 29.6 Å². The molecule has 5 nitrogen and oxygen atoms in total. The van der Waals surface area contributed by atoms with E-state index in [4.69, 9.17) is 9.72 Å². The van der Waals surface area contributed by atoms with Crippen molar-refractivity contribution in [1.29, 1.82) is 5.26 Å². The molecular formula is C20H22N4O. The molecule has 0 fully saturated rings. The van der Waals surface area contributed by atoms with E-state index in [-0.39, 0.29) is 0 Å². The van der Waals surface area contributed by atoms with Gasteiger partial charge in [-0.25, -0.2) is 4.98 Å². The predicted octanol–water partition coefficient (Wildman–Crippen LogP) is 3.84. The molecule has 0 saturated heterocycles. The Morgan fingerprint density at radius 2 is 2.16 bits per heavy atom. The van der Waals surface area contributed by atoms with Crippen molar-refractivity contribution in [3.63, 3.8) is 0 Å². The number of methoxy groups -OCH3 is 1. The quantitative estimate of drug-likeness (QED) is 0.549. The molecule has 0 bridgehead atoms. The summed E-state index contributed by atoms with van der Waals surface area (Å²) in [6.45, 7) is 9.31. The minimum absolute atomic E-state index is 0.597. The lowest BCUT2D eigenvalue weighted by molar-refractivity contribution is 0.210. The van der Waals surface area contributed by atoms with Crippen molar-refractivity contribution >= 4 is 22.5 Å². The topological polar surface area (TPSA) is 62.4 Å². The zero-order valence-electron chi connectivity index (χ0n) is 14.9. The van der Waals surface area contributed by atoms with Crippen LogP contribution in [0.3, 0.4) is 0 Å². The van der Waals surface area contributed by atoms with Gasteiger partial charge in [-0.3, -0.25) is 4.40 Å². The molecule has 2 aromatic heterocycles. The van der Waals surface area contributed by atoms with Gasteiger partial charge >= 0.3 is 0 Å². The molecule has 0 atom stereocenters. The number of pyridine rings is 1. The number of aromatic nitrogens is 2. The molecule has 0 unspecified atom stereocenters. The summed E-state index contributed by atoms with van der Waals surface area (Å²) in [7, 11) is 1.68. The van der Waals surface area contributed by atoms with Gasteiger partial charge in [0.1, 0.15) is 11.9 Å². The largest absolute Gasteiger partial charge is 0.383 e. The normalized spacial score (nSPS) is 11.0. The lowest BCUT2D eigenvalue weighted by atomic mass is 9.99. The highest BCUT2D eigenvalue weighted by atomic mass is 16.5. The Morgan fingerprint density at radius 3 is 2.84 bits per heavy atom. The minimum atomic E-state index is 0.597. The van der Waals surface area contributed by atoms with Crippen LogP contribution in [0.25, 0.3) is 16.7 Å². The number of nitrogens with one attached hydrogen (secondary N) is 1. The van der Waals surface area contributed by atoms with Crippen LogP contribution in [0.2, 0.25) is 0 Å². The third-order valence-corrected chi connectivity index (χ3v) is 4.31. The van der Waals surface area contributed by atoms with E-state index >= 15 is 0 Å². The van der Waals surface area contributed by atoms with E-state index in [1.807, 2.05) is 38.1 Å². The number of rotatable bonds is 6. The third kappa shape index (κ3) is 2.97. The monoisotopic (exact) mass is 334 g/mol. The summed E-state index contributed by atoms with van der Waals surface area (Å²) >= 11 is 0. The third-order valence-electron chi connectivity index (χ3n) is 4.31. The highest BCUT2D eigenvalue weighted by Gasteiger charge is 2.20. The maximum absolute atomic E-state index is 9.74. The maximum Gasteiger partial charge on any atom is 0.157 e. The number of imidazole rings is 1.